The minimum absolute atomic E-state index is 0.0825. The number of imide groups is 1. The van der Waals surface area contributed by atoms with Crippen LogP contribution in [0.15, 0.2) is 0 Å². The molecule has 1 rings (SSSR count). The minimum Gasteiger partial charge on any atom is -0.297 e. The topological polar surface area (TPSA) is 73.2 Å². The number of rotatable bonds is 7. The SMILES string of the molecule is CCC(C#N)(CCCN1C(=O)CCC1=O)NC(C)C. The molecule has 0 aromatic carbocycles. The van der Waals surface area contributed by atoms with Crippen LogP contribution < -0.4 is 5.32 Å². The van der Waals surface area contributed by atoms with Crippen LogP contribution in [0.2, 0.25) is 0 Å². The van der Waals surface area contributed by atoms with Gasteiger partial charge in [0.05, 0.1) is 6.07 Å². The van der Waals surface area contributed by atoms with Gasteiger partial charge < -0.3 is 0 Å². The molecule has 1 saturated heterocycles. The fraction of sp³-hybridized carbons (Fsp3) is 0.786. The Bertz CT molecular complexity index is 371. The Kier molecular flexibility index (Phi) is 5.49. The molecule has 0 bridgehead atoms. The highest BCUT2D eigenvalue weighted by Gasteiger charge is 2.31. The van der Waals surface area contributed by atoms with E-state index in [1.54, 1.807) is 0 Å². The first-order valence-electron chi connectivity index (χ1n) is 6.96. The zero-order chi connectivity index (χ0) is 14.5. The summed E-state index contributed by atoms with van der Waals surface area (Å²) in [6, 6.07) is 2.58. The largest absolute Gasteiger partial charge is 0.297 e. The fourth-order valence-electron chi connectivity index (χ4n) is 2.48. The second kappa shape index (κ2) is 6.67. The minimum atomic E-state index is -0.556. The van der Waals surface area contributed by atoms with Crippen molar-refractivity contribution in [3.05, 3.63) is 0 Å². The molecule has 1 heterocycles. The maximum Gasteiger partial charge on any atom is 0.229 e. The molecule has 1 N–H and O–H groups in total. The molecule has 106 valence electrons. The van der Waals surface area contributed by atoms with E-state index in [-0.39, 0.29) is 17.9 Å². The first kappa shape index (κ1) is 15.6. The van der Waals surface area contributed by atoms with Crippen molar-refractivity contribution < 1.29 is 9.59 Å². The van der Waals surface area contributed by atoms with E-state index in [9.17, 15) is 14.9 Å². The molecule has 1 unspecified atom stereocenters. The highest BCUT2D eigenvalue weighted by Crippen LogP contribution is 2.19. The van der Waals surface area contributed by atoms with Crippen molar-refractivity contribution in [2.24, 2.45) is 0 Å². The van der Waals surface area contributed by atoms with E-state index in [1.807, 2.05) is 20.8 Å². The summed E-state index contributed by atoms with van der Waals surface area (Å²) in [6.45, 7) is 6.43. The van der Waals surface area contributed by atoms with Crippen LogP contribution in [-0.2, 0) is 9.59 Å². The summed E-state index contributed by atoms with van der Waals surface area (Å²) in [6.07, 6.45) is 2.69. The Hall–Kier alpha value is -1.41. The van der Waals surface area contributed by atoms with Crippen molar-refractivity contribution >= 4 is 11.8 Å². The lowest BCUT2D eigenvalue weighted by molar-refractivity contribution is -0.138. The van der Waals surface area contributed by atoms with Gasteiger partial charge in [-0.1, -0.05) is 6.92 Å². The van der Waals surface area contributed by atoms with Crippen molar-refractivity contribution in [1.82, 2.24) is 10.2 Å². The fourth-order valence-corrected chi connectivity index (χ4v) is 2.48. The summed E-state index contributed by atoms with van der Waals surface area (Å²) in [5.41, 5.74) is -0.556. The third-order valence-electron chi connectivity index (χ3n) is 3.52. The van der Waals surface area contributed by atoms with Crippen LogP contribution in [0.1, 0.15) is 52.9 Å². The molecule has 5 heteroatoms. The Labute approximate surface area is 115 Å². The zero-order valence-electron chi connectivity index (χ0n) is 12.0. The molecular formula is C14H23N3O2. The molecule has 2 amide bonds. The van der Waals surface area contributed by atoms with E-state index in [2.05, 4.69) is 11.4 Å². The van der Waals surface area contributed by atoms with E-state index in [0.717, 1.165) is 0 Å². The molecular weight excluding hydrogens is 242 g/mol. The molecule has 0 aromatic rings. The summed E-state index contributed by atoms with van der Waals surface area (Å²) in [7, 11) is 0. The van der Waals surface area contributed by atoms with Crippen LogP contribution in [0.3, 0.4) is 0 Å². The third-order valence-corrected chi connectivity index (χ3v) is 3.52. The number of nitrogens with zero attached hydrogens (tertiary/aromatic N) is 2. The lowest BCUT2D eigenvalue weighted by Crippen LogP contribution is -2.47. The van der Waals surface area contributed by atoms with Crippen LogP contribution >= 0.6 is 0 Å². The van der Waals surface area contributed by atoms with Crippen molar-refractivity contribution in [3.63, 3.8) is 0 Å². The molecule has 0 saturated carbocycles. The molecule has 1 aliphatic rings. The molecule has 1 aliphatic heterocycles. The summed E-state index contributed by atoms with van der Waals surface area (Å²) in [5.74, 6) is -0.165. The number of hydrogen-bond donors (Lipinski definition) is 1. The van der Waals surface area contributed by atoms with Crippen molar-refractivity contribution in [1.29, 1.82) is 5.26 Å². The number of carbonyl (C=O) groups is 2. The predicted molar refractivity (Wildman–Crippen MR) is 72.1 cm³/mol. The van der Waals surface area contributed by atoms with Gasteiger partial charge in [0.15, 0.2) is 0 Å². The van der Waals surface area contributed by atoms with Crippen LogP contribution in [-0.4, -0.2) is 34.8 Å². The molecule has 0 radical (unpaired) electrons. The van der Waals surface area contributed by atoms with E-state index < -0.39 is 5.54 Å². The number of amides is 2. The van der Waals surface area contributed by atoms with Gasteiger partial charge >= 0.3 is 0 Å². The van der Waals surface area contributed by atoms with Gasteiger partial charge in [0.25, 0.3) is 0 Å². The summed E-state index contributed by atoms with van der Waals surface area (Å²) < 4.78 is 0. The van der Waals surface area contributed by atoms with Gasteiger partial charge in [0.2, 0.25) is 11.8 Å². The molecule has 0 spiro atoms. The molecule has 0 aromatic heterocycles. The van der Waals surface area contributed by atoms with Crippen molar-refractivity contribution in [2.45, 2.75) is 64.5 Å². The molecule has 5 nitrogen and oxygen atoms in total. The van der Waals surface area contributed by atoms with Gasteiger partial charge in [-0.05, 0) is 33.1 Å². The van der Waals surface area contributed by atoms with E-state index >= 15 is 0 Å². The van der Waals surface area contributed by atoms with Gasteiger partial charge in [-0.15, -0.1) is 0 Å². The quantitative estimate of drug-likeness (QED) is 0.709. The zero-order valence-corrected chi connectivity index (χ0v) is 12.0. The number of carbonyl (C=O) groups excluding carboxylic acids is 2. The number of likely N-dealkylation sites (tertiary alicyclic amines) is 1. The first-order chi connectivity index (χ1) is 8.94. The summed E-state index contributed by atoms with van der Waals surface area (Å²) in [5, 5.41) is 12.7. The Morgan fingerprint density at radius 1 is 1.37 bits per heavy atom. The normalized spacial score (nSPS) is 18.8. The lowest BCUT2D eigenvalue weighted by Gasteiger charge is -2.29. The Morgan fingerprint density at radius 2 is 1.95 bits per heavy atom. The van der Waals surface area contributed by atoms with E-state index in [4.69, 9.17) is 0 Å². The van der Waals surface area contributed by atoms with Gasteiger partial charge in [0, 0.05) is 25.4 Å². The molecule has 0 aliphatic carbocycles. The van der Waals surface area contributed by atoms with Crippen molar-refractivity contribution in [3.8, 4) is 6.07 Å². The number of hydrogen-bond acceptors (Lipinski definition) is 4. The van der Waals surface area contributed by atoms with Gasteiger partial charge in [-0.3, -0.25) is 19.8 Å². The monoisotopic (exact) mass is 265 g/mol. The average Bonchev–Trinajstić information content (AvgIpc) is 2.68. The highest BCUT2D eigenvalue weighted by molar-refractivity contribution is 6.01. The average molecular weight is 265 g/mol. The van der Waals surface area contributed by atoms with Crippen LogP contribution in [0.4, 0.5) is 0 Å². The molecule has 19 heavy (non-hydrogen) atoms. The third kappa shape index (κ3) is 4.03. The maximum absolute atomic E-state index is 11.5. The van der Waals surface area contributed by atoms with Gasteiger partial charge in [0.1, 0.15) is 5.54 Å². The first-order valence-corrected chi connectivity index (χ1v) is 6.96. The number of nitrogens with one attached hydrogen (secondary N) is 1. The van der Waals surface area contributed by atoms with Gasteiger partial charge in [-0.2, -0.15) is 5.26 Å². The maximum atomic E-state index is 11.5. The standard InChI is InChI=1S/C14H23N3O2/c1-4-14(10-15,16-11(2)3)8-5-9-17-12(18)6-7-13(17)19/h11,16H,4-9H2,1-3H3. The van der Waals surface area contributed by atoms with Crippen LogP contribution in [0, 0.1) is 11.3 Å². The van der Waals surface area contributed by atoms with Crippen molar-refractivity contribution in [2.75, 3.05) is 6.54 Å². The summed E-state index contributed by atoms with van der Waals surface area (Å²) in [4.78, 5) is 24.3. The molecule has 1 fully saturated rings. The second-order valence-electron chi connectivity index (χ2n) is 5.39. The number of nitriles is 1. The summed E-state index contributed by atoms with van der Waals surface area (Å²) >= 11 is 0. The van der Waals surface area contributed by atoms with Gasteiger partial charge in [-0.25, -0.2) is 0 Å². The second-order valence-corrected chi connectivity index (χ2v) is 5.39. The van der Waals surface area contributed by atoms with Crippen LogP contribution in [0.5, 0.6) is 0 Å². The van der Waals surface area contributed by atoms with Crippen LogP contribution in [0.25, 0.3) is 0 Å². The Morgan fingerprint density at radius 3 is 2.37 bits per heavy atom. The predicted octanol–water partition coefficient (Wildman–Crippen LogP) is 1.59. The smallest absolute Gasteiger partial charge is 0.229 e. The Balaban J connectivity index is 2.51. The van der Waals surface area contributed by atoms with E-state index in [0.29, 0.717) is 38.6 Å². The lowest BCUT2D eigenvalue weighted by atomic mass is 9.91. The van der Waals surface area contributed by atoms with E-state index in [1.165, 1.54) is 4.90 Å². The molecule has 1 atom stereocenters. The highest BCUT2D eigenvalue weighted by atomic mass is 16.2.